The first-order valence-corrected chi connectivity index (χ1v) is 8.57. The molecule has 0 fully saturated rings. The van der Waals surface area contributed by atoms with Crippen LogP contribution in [0.3, 0.4) is 0 Å². The van der Waals surface area contributed by atoms with Gasteiger partial charge in [0.1, 0.15) is 37.1 Å². The van der Waals surface area contributed by atoms with Crippen LogP contribution in [0.5, 0.6) is 17.2 Å². The molecule has 0 atom stereocenters. The summed E-state index contributed by atoms with van der Waals surface area (Å²) in [6, 6.07) is 12.5. The van der Waals surface area contributed by atoms with E-state index in [2.05, 4.69) is 5.16 Å². The molecule has 0 saturated carbocycles. The predicted molar refractivity (Wildman–Crippen MR) is 94.6 cm³/mol. The fraction of sp³-hybridized carbons (Fsp3) is 0.200. The number of carbonyl (C=O) groups excluding carboxylic acids is 1. The van der Waals surface area contributed by atoms with Crippen molar-refractivity contribution < 1.29 is 32.7 Å². The van der Waals surface area contributed by atoms with E-state index in [1.807, 2.05) is 6.07 Å². The van der Waals surface area contributed by atoms with E-state index in [9.17, 15) is 9.18 Å². The maximum Gasteiger partial charge on any atom is 0.344 e. The number of hydrogen-bond acceptors (Lipinski definition) is 7. The van der Waals surface area contributed by atoms with Gasteiger partial charge in [-0.05, 0) is 42.5 Å². The van der Waals surface area contributed by atoms with Crippen LogP contribution in [0.4, 0.5) is 4.39 Å². The molecule has 3 aromatic rings. The van der Waals surface area contributed by atoms with Crippen LogP contribution in [0.2, 0.25) is 0 Å². The van der Waals surface area contributed by atoms with Gasteiger partial charge < -0.3 is 23.5 Å². The van der Waals surface area contributed by atoms with Crippen LogP contribution in [0.25, 0.3) is 11.3 Å². The standard InChI is InChI=1S/C20H16FNO6/c21-14-2-4-16(5-3-14)26-12-20(23)27-11-15-10-18(28-22-15)13-1-6-17-19(9-13)25-8-7-24-17/h1-6,9-10H,7-8,11-12H2. The molecule has 0 bridgehead atoms. The summed E-state index contributed by atoms with van der Waals surface area (Å²) in [6.45, 7) is 0.668. The lowest BCUT2D eigenvalue weighted by Crippen LogP contribution is -2.15. The zero-order chi connectivity index (χ0) is 19.3. The normalized spacial score (nSPS) is 12.5. The van der Waals surface area contributed by atoms with E-state index in [1.165, 1.54) is 24.3 Å². The molecule has 0 radical (unpaired) electrons. The Morgan fingerprint density at radius 3 is 2.64 bits per heavy atom. The third-order valence-corrected chi connectivity index (χ3v) is 3.94. The Balaban J connectivity index is 1.31. The number of nitrogens with zero attached hydrogens (tertiary/aromatic N) is 1. The number of hydrogen-bond donors (Lipinski definition) is 0. The van der Waals surface area contributed by atoms with Crippen molar-refractivity contribution in [3.63, 3.8) is 0 Å². The Morgan fingerprint density at radius 1 is 1.04 bits per heavy atom. The first-order chi connectivity index (χ1) is 13.7. The van der Waals surface area contributed by atoms with Gasteiger partial charge in [-0.15, -0.1) is 0 Å². The quantitative estimate of drug-likeness (QED) is 0.602. The van der Waals surface area contributed by atoms with Gasteiger partial charge in [-0.3, -0.25) is 0 Å². The highest BCUT2D eigenvalue weighted by Gasteiger charge is 2.15. The average Bonchev–Trinajstić information content (AvgIpc) is 3.20. The average molecular weight is 385 g/mol. The van der Waals surface area contributed by atoms with Crippen molar-refractivity contribution in [2.45, 2.75) is 6.61 Å². The topological polar surface area (TPSA) is 80.0 Å². The van der Waals surface area contributed by atoms with E-state index in [0.29, 0.717) is 41.9 Å². The van der Waals surface area contributed by atoms with Gasteiger partial charge in [0.15, 0.2) is 23.9 Å². The molecule has 0 spiro atoms. The monoisotopic (exact) mass is 385 g/mol. The number of esters is 1. The molecule has 1 aliphatic rings. The minimum Gasteiger partial charge on any atom is -0.486 e. The van der Waals surface area contributed by atoms with E-state index in [0.717, 1.165) is 5.56 Å². The second-order valence-corrected chi connectivity index (χ2v) is 5.94. The molecular formula is C20H16FNO6. The minimum atomic E-state index is -0.576. The van der Waals surface area contributed by atoms with Crippen molar-refractivity contribution in [3.8, 4) is 28.6 Å². The smallest absolute Gasteiger partial charge is 0.344 e. The summed E-state index contributed by atoms with van der Waals surface area (Å²) in [7, 11) is 0. The van der Waals surface area contributed by atoms with Crippen molar-refractivity contribution >= 4 is 5.97 Å². The molecule has 0 saturated heterocycles. The zero-order valence-electron chi connectivity index (χ0n) is 14.7. The number of benzene rings is 2. The summed E-state index contributed by atoms with van der Waals surface area (Å²) in [5, 5.41) is 3.90. The molecule has 28 heavy (non-hydrogen) atoms. The summed E-state index contributed by atoms with van der Waals surface area (Å²) in [6.07, 6.45) is 0. The molecule has 2 heterocycles. The summed E-state index contributed by atoms with van der Waals surface area (Å²) < 4.78 is 39.5. The Morgan fingerprint density at radius 2 is 1.82 bits per heavy atom. The summed E-state index contributed by atoms with van der Waals surface area (Å²) >= 11 is 0. The van der Waals surface area contributed by atoms with Gasteiger partial charge in [0, 0.05) is 11.6 Å². The van der Waals surface area contributed by atoms with Gasteiger partial charge in [0.2, 0.25) is 0 Å². The van der Waals surface area contributed by atoms with Crippen molar-refractivity contribution in [1.82, 2.24) is 5.16 Å². The second kappa shape index (κ2) is 7.99. The van der Waals surface area contributed by atoms with Crippen molar-refractivity contribution in [2.24, 2.45) is 0 Å². The van der Waals surface area contributed by atoms with Gasteiger partial charge in [-0.1, -0.05) is 5.16 Å². The molecule has 7 nitrogen and oxygen atoms in total. The fourth-order valence-corrected chi connectivity index (χ4v) is 2.58. The highest BCUT2D eigenvalue weighted by molar-refractivity contribution is 5.71. The third kappa shape index (κ3) is 4.22. The molecule has 0 N–H and O–H groups in total. The Kier molecular flexibility index (Phi) is 5.09. The lowest BCUT2D eigenvalue weighted by Gasteiger charge is -2.18. The van der Waals surface area contributed by atoms with E-state index >= 15 is 0 Å². The first kappa shape index (κ1) is 17.8. The van der Waals surface area contributed by atoms with E-state index < -0.39 is 5.97 Å². The molecule has 1 aromatic heterocycles. The molecule has 0 aliphatic carbocycles. The predicted octanol–water partition coefficient (Wildman–Crippen LogP) is 3.37. The largest absolute Gasteiger partial charge is 0.486 e. The van der Waals surface area contributed by atoms with Gasteiger partial charge in [-0.2, -0.15) is 0 Å². The lowest BCUT2D eigenvalue weighted by atomic mass is 10.1. The highest BCUT2D eigenvalue weighted by atomic mass is 19.1. The highest BCUT2D eigenvalue weighted by Crippen LogP contribution is 2.34. The fourth-order valence-electron chi connectivity index (χ4n) is 2.58. The number of carbonyl (C=O) groups is 1. The van der Waals surface area contributed by atoms with Crippen molar-refractivity contribution in [2.75, 3.05) is 19.8 Å². The van der Waals surface area contributed by atoms with Gasteiger partial charge in [0.25, 0.3) is 0 Å². The molecule has 8 heteroatoms. The van der Waals surface area contributed by atoms with Crippen molar-refractivity contribution in [3.05, 3.63) is 60.0 Å². The molecular weight excluding hydrogens is 369 g/mol. The van der Waals surface area contributed by atoms with Gasteiger partial charge in [-0.25, -0.2) is 9.18 Å². The lowest BCUT2D eigenvalue weighted by molar-refractivity contribution is -0.147. The number of halogens is 1. The van der Waals surface area contributed by atoms with Crippen LogP contribution in [-0.2, 0) is 16.1 Å². The summed E-state index contributed by atoms with van der Waals surface area (Å²) in [5.74, 6) is 1.27. The minimum absolute atomic E-state index is 0.0559. The van der Waals surface area contributed by atoms with Crippen molar-refractivity contribution in [1.29, 1.82) is 0 Å². The van der Waals surface area contributed by atoms with E-state index in [-0.39, 0.29) is 19.0 Å². The Hall–Kier alpha value is -3.55. The number of fused-ring (bicyclic) bond motifs is 1. The summed E-state index contributed by atoms with van der Waals surface area (Å²) in [4.78, 5) is 11.8. The number of rotatable bonds is 6. The van der Waals surface area contributed by atoms with Crippen LogP contribution >= 0.6 is 0 Å². The van der Waals surface area contributed by atoms with Crippen LogP contribution in [0.15, 0.2) is 53.1 Å². The molecule has 1 aliphatic heterocycles. The molecule has 0 amide bonds. The Bertz CT molecular complexity index is 969. The Labute approximate surface area is 159 Å². The second-order valence-electron chi connectivity index (χ2n) is 5.94. The maximum absolute atomic E-state index is 12.8. The van der Waals surface area contributed by atoms with E-state index in [4.69, 9.17) is 23.5 Å². The number of ether oxygens (including phenoxy) is 4. The molecule has 0 unspecified atom stereocenters. The third-order valence-electron chi connectivity index (χ3n) is 3.94. The number of aromatic nitrogens is 1. The van der Waals surface area contributed by atoms with Crippen LogP contribution < -0.4 is 14.2 Å². The van der Waals surface area contributed by atoms with Crippen LogP contribution in [0, 0.1) is 5.82 Å². The SMILES string of the molecule is O=C(COc1ccc(F)cc1)OCc1cc(-c2ccc3c(c2)OCCO3)on1. The molecule has 144 valence electrons. The first-order valence-electron chi connectivity index (χ1n) is 8.57. The van der Waals surface area contributed by atoms with E-state index in [1.54, 1.807) is 18.2 Å². The van der Waals surface area contributed by atoms with Gasteiger partial charge >= 0.3 is 5.97 Å². The summed E-state index contributed by atoms with van der Waals surface area (Å²) in [5.41, 5.74) is 1.23. The van der Waals surface area contributed by atoms with Crippen LogP contribution in [0.1, 0.15) is 5.69 Å². The molecule has 2 aromatic carbocycles. The zero-order valence-corrected chi connectivity index (χ0v) is 14.7. The maximum atomic E-state index is 12.8. The van der Waals surface area contributed by atoms with Gasteiger partial charge in [0.05, 0.1) is 0 Å². The molecule has 4 rings (SSSR count). The van der Waals surface area contributed by atoms with Crippen LogP contribution in [-0.4, -0.2) is 30.9 Å².